The maximum absolute atomic E-state index is 11.4. The normalized spacial score (nSPS) is 10.5. The number of nitrogens with zero attached hydrogens (tertiary/aromatic N) is 2. The first kappa shape index (κ1) is 14.8. The summed E-state index contributed by atoms with van der Waals surface area (Å²) in [6.45, 7) is 4.02. The minimum absolute atomic E-state index is 0.277. The number of pyridine rings is 1. The number of fused-ring (bicyclic) bond motifs is 1. The molecule has 118 valence electrons. The third kappa shape index (κ3) is 3.57. The van der Waals surface area contributed by atoms with E-state index in [0.29, 0.717) is 23.5 Å². The summed E-state index contributed by atoms with van der Waals surface area (Å²) < 4.78 is 10.6. The molecule has 0 aliphatic carbocycles. The quantitative estimate of drug-likeness (QED) is 0.768. The van der Waals surface area contributed by atoms with Crippen LogP contribution >= 0.6 is 0 Å². The van der Waals surface area contributed by atoms with E-state index in [4.69, 9.17) is 9.47 Å². The number of hydrogen-bond acceptors (Lipinski definition) is 5. The summed E-state index contributed by atoms with van der Waals surface area (Å²) in [5.41, 5.74) is 2.24. The zero-order chi connectivity index (χ0) is 16.2. The van der Waals surface area contributed by atoms with Gasteiger partial charge in [-0.2, -0.15) is 0 Å². The minimum atomic E-state index is -0.567. The molecule has 0 bridgehead atoms. The molecule has 0 radical (unpaired) electrons. The number of H-pyrrole nitrogens is 1. The number of benzene rings is 1. The van der Waals surface area contributed by atoms with Crippen LogP contribution in [0, 0.1) is 6.92 Å². The third-order valence-electron chi connectivity index (χ3n) is 3.03. The molecule has 0 fully saturated rings. The fourth-order valence-electron chi connectivity index (χ4n) is 2.07. The molecule has 2 heterocycles. The van der Waals surface area contributed by atoms with Crippen LogP contribution in [0.3, 0.4) is 0 Å². The van der Waals surface area contributed by atoms with E-state index in [-0.39, 0.29) is 5.95 Å². The predicted octanol–water partition coefficient (Wildman–Crippen LogP) is 3.63. The van der Waals surface area contributed by atoms with Crippen molar-refractivity contribution in [1.29, 1.82) is 0 Å². The summed E-state index contributed by atoms with van der Waals surface area (Å²) in [5, 5.41) is 2.50. The van der Waals surface area contributed by atoms with Crippen LogP contribution in [0.5, 0.6) is 11.5 Å². The van der Waals surface area contributed by atoms with E-state index in [2.05, 4.69) is 20.3 Å². The first-order valence-electron chi connectivity index (χ1n) is 7.18. The van der Waals surface area contributed by atoms with Crippen molar-refractivity contribution in [2.24, 2.45) is 0 Å². The largest absolute Gasteiger partial charge is 0.456 e. The summed E-state index contributed by atoms with van der Waals surface area (Å²) in [5.74, 6) is 1.57. The van der Waals surface area contributed by atoms with Crippen molar-refractivity contribution in [3.05, 3.63) is 42.1 Å². The van der Waals surface area contributed by atoms with Crippen molar-refractivity contribution in [2.45, 2.75) is 13.8 Å². The molecule has 7 heteroatoms. The molecule has 0 spiro atoms. The number of aryl methyl sites for hydroxylation is 1. The lowest BCUT2D eigenvalue weighted by Crippen LogP contribution is -2.14. The molecule has 0 aliphatic heterocycles. The monoisotopic (exact) mass is 312 g/mol. The molecule has 0 atom stereocenters. The van der Waals surface area contributed by atoms with Crippen LogP contribution in [-0.2, 0) is 4.74 Å². The van der Waals surface area contributed by atoms with E-state index in [1.807, 2.05) is 31.2 Å². The average molecular weight is 312 g/mol. The molecule has 23 heavy (non-hydrogen) atoms. The van der Waals surface area contributed by atoms with Gasteiger partial charge in [0.15, 0.2) is 5.65 Å². The van der Waals surface area contributed by atoms with Crippen molar-refractivity contribution < 1.29 is 14.3 Å². The average Bonchev–Trinajstić information content (AvgIpc) is 2.88. The lowest BCUT2D eigenvalue weighted by molar-refractivity contribution is 0.167. The standard InChI is InChI=1S/C16H16N4O3/c1-3-22-16(21)20-15-18-13-8-12(9-17-14(13)19-15)23-11-6-4-5-10(2)7-11/h4-9H,3H2,1-2H3,(H2,17,18,19,20,21). The Hall–Kier alpha value is -3.09. The fraction of sp³-hybridized carbons (Fsp3) is 0.188. The number of ether oxygens (including phenoxy) is 2. The van der Waals surface area contributed by atoms with Crippen LogP contribution in [0.15, 0.2) is 36.5 Å². The second-order valence-electron chi connectivity index (χ2n) is 4.89. The maximum Gasteiger partial charge on any atom is 0.413 e. The Balaban J connectivity index is 1.80. The molecule has 1 amide bonds. The number of hydrogen-bond donors (Lipinski definition) is 2. The number of aromatic nitrogens is 3. The number of amides is 1. The van der Waals surface area contributed by atoms with Gasteiger partial charge >= 0.3 is 6.09 Å². The molecular formula is C16H16N4O3. The van der Waals surface area contributed by atoms with Gasteiger partial charge in [0.2, 0.25) is 5.95 Å². The molecule has 0 saturated carbocycles. The highest BCUT2D eigenvalue weighted by atomic mass is 16.5. The number of anilines is 1. The molecule has 1 aromatic carbocycles. The van der Waals surface area contributed by atoms with Gasteiger partial charge in [0.1, 0.15) is 17.0 Å². The number of imidazole rings is 1. The van der Waals surface area contributed by atoms with E-state index < -0.39 is 6.09 Å². The second kappa shape index (κ2) is 6.35. The molecule has 3 rings (SSSR count). The van der Waals surface area contributed by atoms with Gasteiger partial charge in [0.25, 0.3) is 0 Å². The van der Waals surface area contributed by atoms with Crippen LogP contribution in [0.25, 0.3) is 11.2 Å². The van der Waals surface area contributed by atoms with E-state index in [1.54, 1.807) is 19.2 Å². The van der Waals surface area contributed by atoms with Crippen LogP contribution in [-0.4, -0.2) is 27.7 Å². The van der Waals surface area contributed by atoms with Crippen LogP contribution in [0.1, 0.15) is 12.5 Å². The first-order chi connectivity index (χ1) is 11.1. The van der Waals surface area contributed by atoms with E-state index in [9.17, 15) is 4.79 Å². The van der Waals surface area contributed by atoms with Crippen molar-refractivity contribution in [3.8, 4) is 11.5 Å². The highest BCUT2D eigenvalue weighted by Gasteiger charge is 2.09. The highest BCUT2D eigenvalue weighted by molar-refractivity contribution is 5.85. The van der Waals surface area contributed by atoms with E-state index >= 15 is 0 Å². The van der Waals surface area contributed by atoms with Crippen LogP contribution in [0.2, 0.25) is 0 Å². The minimum Gasteiger partial charge on any atom is -0.456 e. The molecule has 0 unspecified atom stereocenters. The highest BCUT2D eigenvalue weighted by Crippen LogP contribution is 2.24. The Morgan fingerprint density at radius 3 is 2.96 bits per heavy atom. The van der Waals surface area contributed by atoms with Gasteiger partial charge in [-0.3, -0.25) is 5.32 Å². The van der Waals surface area contributed by atoms with Crippen molar-refractivity contribution >= 4 is 23.2 Å². The molecule has 2 aromatic heterocycles. The number of aromatic amines is 1. The predicted molar refractivity (Wildman–Crippen MR) is 85.8 cm³/mol. The van der Waals surface area contributed by atoms with E-state index in [0.717, 1.165) is 11.3 Å². The fourth-order valence-corrected chi connectivity index (χ4v) is 2.07. The summed E-state index contributed by atoms with van der Waals surface area (Å²) in [7, 11) is 0. The molecule has 0 aliphatic rings. The van der Waals surface area contributed by atoms with Gasteiger partial charge in [0.05, 0.1) is 12.8 Å². The number of carbonyl (C=O) groups excluding carboxylic acids is 1. The Kier molecular flexibility index (Phi) is 4.09. The topological polar surface area (TPSA) is 89.1 Å². The molecular weight excluding hydrogens is 296 g/mol. The Morgan fingerprint density at radius 2 is 2.17 bits per heavy atom. The molecule has 3 aromatic rings. The van der Waals surface area contributed by atoms with E-state index in [1.165, 1.54) is 0 Å². The summed E-state index contributed by atoms with van der Waals surface area (Å²) in [6.07, 6.45) is 1.03. The van der Waals surface area contributed by atoms with Crippen molar-refractivity contribution in [2.75, 3.05) is 11.9 Å². The van der Waals surface area contributed by atoms with Gasteiger partial charge in [0, 0.05) is 6.07 Å². The Bertz CT molecular complexity index is 844. The van der Waals surface area contributed by atoms with Gasteiger partial charge < -0.3 is 14.5 Å². The van der Waals surface area contributed by atoms with Gasteiger partial charge in [-0.15, -0.1) is 0 Å². The van der Waals surface area contributed by atoms with Gasteiger partial charge in [-0.05, 0) is 31.5 Å². The zero-order valence-electron chi connectivity index (χ0n) is 12.8. The summed E-state index contributed by atoms with van der Waals surface area (Å²) >= 11 is 0. The molecule has 0 saturated heterocycles. The lowest BCUT2D eigenvalue weighted by atomic mass is 10.2. The zero-order valence-corrected chi connectivity index (χ0v) is 12.8. The maximum atomic E-state index is 11.4. The number of carbonyl (C=O) groups is 1. The second-order valence-corrected chi connectivity index (χ2v) is 4.89. The third-order valence-corrected chi connectivity index (χ3v) is 3.03. The Labute approximate surface area is 132 Å². The van der Waals surface area contributed by atoms with Crippen LogP contribution in [0.4, 0.5) is 10.7 Å². The molecule has 2 N–H and O–H groups in total. The SMILES string of the molecule is CCOC(=O)Nc1nc2cc(Oc3cccc(C)c3)cnc2[nH]1. The number of rotatable bonds is 4. The summed E-state index contributed by atoms with van der Waals surface area (Å²) in [6, 6.07) is 9.47. The lowest BCUT2D eigenvalue weighted by Gasteiger charge is -2.05. The molecule has 7 nitrogen and oxygen atoms in total. The van der Waals surface area contributed by atoms with Crippen LogP contribution < -0.4 is 10.1 Å². The van der Waals surface area contributed by atoms with Crippen molar-refractivity contribution in [1.82, 2.24) is 15.0 Å². The van der Waals surface area contributed by atoms with Crippen molar-refractivity contribution in [3.63, 3.8) is 0 Å². The van der Waals surface area contributed by atoms with Gasteiger partial charge in [-0.1, -0.05) is 12.1 Å². The smallest absolute Gasteiger partial charge is 0.413 e. The summed E-state index contributed by atoms with van der Waals surface area (Å²) in [4.78, 5) is 22.8. The first-order valence-corrected chi connectivity index (χ1v) is 7.18. The number of nitrogens with one attached hydrogen (secondary N) is 2. The van der Waals surface area contributed by atoms with Gasteiger partial charge in [-0.25, -0.2) is 14.8 Å². The Morgan fingerprint density at radius 1 is 1.30 bits per heavy atom.